The summed E-state index contributed by atoms with van der Waals surface area (Å²) in [4.78, 5) is 13.0. The van der Waals surface area contributed by atoms with E-state index in [-0.39, 0.29) is 5.91 Å². The van der Waals surface area contributed by atoms with Gasteiger partial charge in [0.05, 0.1) is 8.66 Å². The molecule has 1 aliphatic carbocycles. The summed E-state index contributed by atoms with van der Waals surface area (Å²) < 4.78 is 1.05. The fourth-order valence-corrected chi connectivity index (χ4v) is 4.95. The van der Waals surface area contributed by atoms with Gasteiger partial charge in [-0.2, -0.15) is 11.8 Å². The van der Waals surface area contributed by atoms with Gasteiger partial charge in [-0.25, -0.2) is 0 Å². The van der Waals surface area contributed by atoms with Crippen LogP contribution in [0.3, 0.4) is 0 Å². The Morgan fingerprint density at radius 1 is 1.61 bits per heavy atom. The maximum atomic E-state index is 12.2. The summed E-state index contributed by atoms with van der Waals surface area (Å²) >= 11 is 6.96. The first-order valence-corrected chi connectivity index (χ1v) is 8.96. The molecular weight excluding hydrogens is 330 g/mol. The fraction of sp³-hybridized carbons (Fsp3) is 0.615. The van der Waals surface area contributed by atoms with Crippen LogP contribution in [-0.4, -0.2) is 23.0 Å². The van der Waals surface area contributed by atoms with E-state index in [9.17, 15) is 4.79 Å². The van der Waals surface area contributed by atoms with Gasteiger partial charge in [0.25, 0.3) is 5.91 Å². The monoisotopic (exact) mass is 347 g/mol. The molecule has 18 heavy (non-hydrogen) atoms. The molecule has 2 unspecified atom stereocenters. The minimum Gasteiger partial charge on any atom is -0.347 e. The molecular formula is C13H18BrNOS2. The van der Waals surface area contributed by atoms with Crippen LogP contribution in [0.25, 0.3) is 0 Å². The second-order valence-corrected chi connectivity index (χ2v) is 8.46. The summed E-state index contributed by atoms with van der Waals surface area (Å²) in [7, 11) is 0. The molecule has 2 rings (SSSR count). The first-order valence-electron chi connectivity index (χ1n) is 6.30. The number of carbonyl (C=O) groups is 1. The highest BCUT2D eigenvalue weighted by Gasteiger charge is 2.29. The minimum absolute atomic E-state index is 0.0856. The van der Waals surface area contributed by atoms with E-state index in [2.05, 4.69) is 28.2 Å². The lowest BCUT2D eigenvalue weighted by Crippen LogP contribution is -2.38. The van der Waals surface area contributed by atoms with Crippen LogP contribution in [0, 0.1) is 6.92 Å². The van der Waals surface area contributed by atoms with Crippen LogP contribution >= 0.6 is 39.0 Å². The number of nitrogens with one attached hydrogen (secondary N) is 1. The van der Waals surface area contributed by atoms with Crippen molar-refractivity contribution in [1.29, 1.82) is 0 Å². The number of hydrogen-bond acceptors (Lipinski definition) is 3. The van der Waals surface area contributed by atoms with Gasteiger partial charge in [-0.05, 0) is 53.1 Å². The van der Waals surface area contributed by atoms with E-state index in [1.54, 1.807) is 0 Å². The van der Waals surface area contributed by atoms with Crippen molar-refractivity contribution in [3.8, 4) is 0 Å². The number of hydrogen-bond donors (Lipinski definition) is 1. The number of aryl methyl sites for hydroxylation is 1. The molecule has 1 fully saturated rings. The molecule has 0 saturated heterocycles. The van der Waals surface area contributed by atoms with E-state index >= 15 is 0 Å². The number of halogens is 1. The molecule has 2 nitrogen and oxygen atoms in total. The maximum absolute atomic E-state index is 12.2. The molecule has 100 valence electrons. The number of thiophene rings is 1. The van der Waals surface area contributed by atoms with Crippen LogP contribution in [0.15, 0.2) is 9.85 Å². The Kier molecular flexibility index (Phi) is 5.15. The van der Waals surface area contributed by atoms with Crippen molar-refractivity contribution < 1.29 is 4.79 Å². The molecule has 1 aromatic heterocycles. The Morgan fingerprint density at radius 2 is 2.39 bits per heavy atom. The highest BCUT2D eigenvalue weighted by molar-refractivity contribution is 9.11. The second kappa shape index (κ2) is 6.44. The van der Waals surface area contributed by atoms with Gasteiger partial charge in [-0.15, -0.1) is 11.3 Å². The second-order valence-electron chi connectivity index (χ2n) is 4.57. The Hall–Kier alpha value is -0.0000000000000000833. The van der Waals surface area contributed by atoms with Crippen molar-refractivity contribution in [3.05, 3.63) is 20.3 Å². The molecule has 0 aliphatic heterocycles. The van der Waals surface area contributed by atoms with Gasteiger partial charge in [-0.3, -0.25) is 4.79 Å². The Balaban J connectivity index is 1.98. The van der Waals surface area contributed by atoms with Crippen LogP contribution in [0.5, 0.6) is 0 Å². The average molecular weight is 348 g/mol. The van der Waals surface area contributed by atoms with Gasteiger partial charge >= 0.3 is 0 Å². The summed E-state index contributed by atoms with van der Waals surface area (Å²) in [5.41, 5.74) is 1.14. The number of thioether (sulfide) groups is 1. The van der Waals surface area contributed by atoms with Gasteiger partial charge in [-0.1, -0.05) is 13.3 Å². The molecule has 0 bridgehead atoms. The van der Waals surface area contributed by atoms with Gasteiger partial charge in [0.15, 0.2) is 0 Å². The van der Waals surface area contributed by atoms with E-state index < -0.39 is 0 Å². The molecule has 5 heteroatoms. The van der Waals surface area contributed by atoms with Crippen molar-refractivity contribution in [2.75, 3.05) is 5.75 Å². The quantitative estimate of drug-likeness (QED) is 0.883. The molecule has 2 atom stereocenters. The normalized spacial score (nSPS) is 23.3. The molecule has 0 spiro atoms. The van der Waals surface area contributed by atoms with Crippen LogP contribution in [0.1, 0.15) is 41.4 Å². The summed E-state index contributed by atoms with van der Waals surface area (Å²) in [6.45, 7) is 4.20. The zero-order chi connectivity index (χ0) is 13.1. The minimum atomic E-state index is 0.0856. The zero-order valence-electron chi connectivity index (χ0n) is 10.7. The fourth-order valence-electron chi connectivity index (χ4n) is 2.32. The van der Waals surface area contributed by atoms with Crippen molar-refractivity contribution in [2.45, 2.75) is 44.4 Å². The van der Waals surface area contributed by atoms with E-state index in [0.717, 1.165) is 26.4 Å². The third kappa shape index (κ3) is 3.31. The third-order valence-electron chi connectivity index (χ3n) is 3.23. The van der Waals surface area contributed by atoms with Gasteiger partial charge < -0.3 is 5.32 Å². The first kappa shape index (κ1) is 14.4. The van der Waals surface area contributed by atoms with Crippen LogP contribution in [0.2, 0.25) is 0 Å². The lowest BCUT2D eigenvalue weighted by molar-refractivity contribution is 0.0942. The summed E-state index contributed by atoms with van der Waals surface area (Å²) in [5.74, 6) is 1.21. The van der Waals surface area contributed by atoms with E-state index in [1.165, 1.54) is 24.2 Å². The number of amides is 1. The van der Waals surface area contributed by atoms with Crippen LogP contribution < -0.4 is 5.32 Å². The predicted molar refractivity (Wildman–Crippen MR) is 83.8 cm³/mol. The average Bonchev–Trinajstić information content (AvgIpc) is 2.88. The zero-order valence-corrected chi connectivity index (χ0v) is 13.9. The molecule has 1 aromatic rings. The highest BCUT2D eigenvalue weighted by Crippen LogP contribution is 2.31. The maximum Gasteiger partial charge on any atom is 0.261 e. The Morgan fingerprint density at radius 3 is 3.00 bits per heavy atom. The largest absolute Gasteiger partial charge is 0.347 e. The number of rotatable bonds is 4. The van der Waals surface area contributed by atoms with Crippen molar-refractivity contribution in [1.82, 2.24) is 5.32 Å². The summed E-state index contributed by atoms with van der Waals surface area (Å²) in [6.07, 6.45) is 3.58. The Bertz CT molecular complexity index is 413. The molecule has 0 aromatic carbocycles. The van der Waals surface area contributed by atoms with E-state index in [1.807, 2.05) is 24.8 Å². The van der Waals surface area contributed by atoms with E-state index in [0.29, 0.717) is 11.3 Å². The van der Waals surface area contributed by atoms with Crippen molar-refractivity contribution in [3.63, 3.8) is 0 Å². The number of carbonyl (C=O) groups excluding carboxylic acids is 1. The van der Waals surface area contributed by atoms with Crippen LogP contribution in [0.4, 0.5) is 0 Å². The predicted octanol–water partition coefficient (Wildman–Crippen LogP) is 4.22. The molecule has 1 N–H and O–H groups in total. The molecule has 1 aliphatic rings. The SMILES string of the molecule is CCSC1CCCC1NC(=O)c1cc(C)c(Br)s1. The highest BCUT2D eigenvalue weighted by atomic mass is 79.9. The van der Waals surface area contributed by atoms with Gasteiger partial charge in [0, 0.05) is 11.3 Å². The topological polar surface area (TPSA) is 29.1 Å². The standard InChI is InChI=1S/C13H18BrNOS2/c1-3-17-10-6-4-5-9(10)15-13(16)11-7-8(2)12(14)18-11/h7,9-10H,3-6H2,1-2H3,(H,15,16). The summed E-state index contributed by atoms with van der Waals surface area (Å²) in [5, 5.41) is 3.80. The molecule has 1 amide bonds. The van der Waals surface area contributed by atoms with Crippen LogP contribution in [-0.2, 0) is 0 Å². The molecule has 0 radical (unpaired) electrons. The Labute approximate surface area is 125 Å². The lowest BCUT2D eigenvalue weighted by Gasteiger charge is -2.19. The van der Waals surface area contributed by atoms with E-state index in [4.69, 9.17) is 0 Å². The van der Waals surface area contributed by atoms with Crippen molar-refractivity contribution in [2.24, 2.45) is 0 Å². The third-order valence-corrected chi connectivity index (χ3v) is 6.69. The molecule has 1 saturated carbocycles. The molecule has 1 heterocycles. The lowest BCUT2D eigenvalue weighted by atomic mass is 10.2. The first-order chi connectivity index (χ1) is 8.61. The van der Waals surface area contributed by atoms with Gasteiger partial charge in [0.2, 0.25) is 0 Å². The smallest absolute Gasteiger partial charge is 0.261 e. The van der Waals surface area contributed by atoms with Crippen molar-refractivity contribution >= 4 is 44.9 Å². The summed E-state index contributed by atoms with van der Waals surface area (Å²) in [6, 6.07) is 2.31. The van der Waals surface area contributed by atoms with Gasteiger partial charge in [0.1, 0.15) is 0 Å².